The number of aromatic nitrogens is 7. The number of thiazole rings is 1. The highest BCUT2D eigenvalue weighted by molar-refractivity contribution is 9.10. The van der Waals surface area contributed by atoms with Crippen molar-refractivity contribution in [1.29, 1.82) is 15.8 Å². The van der Waals surface area contributed by atoms with Gasteiger partial charge in [-0.3, -0.25) is 29.3 Å². The molecule has 0 atom stereocenters. The normalized spacial score (nSPS) is 13.7. The minimum absolute atomic E-state index is 0.0450. The number of allylic oxidation sites excluding steroid dienone is 5. The minimum atomic E-state index is -4.40. The number of para-hydroxylation sites is 1. The number of benzene rings is 5. The summed E-state index contributed by atoms with van der Waals surface area (Å²) in [6.07, 6.45) is 9.20. The third-order valence-electron chi connectivity index (χ3n) is 16.7. The molecule has 9 heterocycles. The Morgan fingerprint density at radius 2 is 1.10 bits per heavy atom. The number of aromatic hydroxyl groups is 1. The van der Waals surface area contributed by atoms with Crippen LogP contribution in [0.4, 0.5) is 45.2 Å². The summed E-state index contributed by atoms with van der Waals surface area (Å²) in [5.74, 6) is -0.158. The number of ketones is 1. The highest BCUT2D eigenvalue weighted by atomic mass is 79.9. The Bertz CT molecular complexity index is 5800. The van der Waals surface area contributed by atoms with Gasteiger partial charge >= 0.3 is 23.4 Å². The Hall–Kier alpha value is -11.9. The van der Waals surface area contributed by atoms with E-state index in [2.05, 4.69) is 59.1 Å². The van der Waals surface area contributed by atoms with Gasteiger partial charge in [0.1, 0.15) is 11.3 Å². The Morgan fingerprint density at radius 3 is 1.60 bits per heavy atom. The van der Waals surface area contributed by atoms with Crippen molar-refractivity contribution in [3.05, 3.63) is 294 Å². The Labute approximate surface area is 651 Å². The monoisotopic (exact) mass is 1630 g/mol. The van der Waals surface area contributed by atoms with Crippen LogP contribution in [-0.4, -0.2) is 55.9 Å². The number of hydrogen-bond acceptors (Lipinski definition) is 13. The number of thioether (sulfide) groups is 1. The Morgan fingerprint density at radius 1 is 0.613 bits per heavy atom. The van der Waals surface area contributed by atoms with E-state index in [1.807, 2.05) is 71.4 Å². The van der Waals surface area contributed by atoms with Crippen LogP contribution in [0.5, 0.6) is 5.88 Å². The molecule has 111 heavy (non-hydrogen) atoms. The third-order valence-corrected chi connectivity index (χ3v) is 19.4. The van der Waals surface area contributed by atoms with E-state index in [0.29, 0.717) is 87.1 Å². The number of aliphatic imine (C=N–C) groups is 1. The number of nitrogens with one attached hydrogen (secondary N) is 1. The van der Waals surface area contributed by atoms with E-state index < -0.39 is 35.2 Å². The number of H-pyrrole nitrogens is 1. The second kappa shape index (κ2) is 35.2. The molecule has 7 aromatic heterocycles. The second-order valence-electron chi connectivity index (χ2n) is 25.5. The zero-order valence-corrected chi connectivity index (χ0v) is 63.6. The predicted molar refractivity (Wildman–Crippen MR) is 421 cm³/mol. The van der Waals surface area contributed by atoms with Crippen LogP contribution < -0.4 is 4.87 Å². The summed E-state index contributed by atoms with van der Waals surface area (Å²) in [7, 11) is 0. The first kappa shape index (κ1) is 81.6. The molecule has 28 heteroatoms. The number of fused-ring (bicyclic) bond motifs is 4. The van der Waals surface area contributed by atoms with Crippen LogP contribution in [0, 0.1) is 54.8 Å². The summed E-state index contributed by atoms with van der Waals surface area (Å²) in [5, 5.41) is 39.4. The molecule has 15 nitrogen and oxygen atoms in total. The molecule has 0 amide bonds. The molecule has 5 aromatic carbocycles. The topological polar surface area (TPSA) is 224 Å². The standard InChI is InChI=1S/C20H15BrF3N3.C20H15ClF3N3.C20H16F3N3.C12H8N2O2S.C11H8O2S/c2*1-12-5-14(8-16(7-12)20(22,23)24)10-27-11-15(6-13(2)9-25)18-17(21)3-4-26-19(18)27;1-13-5-15(8-17(7-13)20(21,22)23)11-26-12-16(6-14(2)9-24)18-3-4-25-10-19(18)26;15-11-10(17-12(16)14-11)5-7-6-13-9-4-2-1-3-8(7)9;12-9-7-11(13)14-10(9)6-8-4-2-1-3-5-8/h2*3-8,11H,10H2,1-2H3;3-8,10,12H,11H2,1-2H3;1-6,15H,(H,14,16);1-6H,7H2/b2*13-6-;14-6-;;10-6-. The van der Waals surface area contributed by atoms with E-state index in [1.54, 1.807) is 155 Å². The number of halogens is 11. The fourth-order valence-electron chi connectivity index (χ4n) is 12.0. The van der Waals surface area contributed by atoms with Crippen molar-refractivity contribution >= 4 is 142 Å². The van der Waals surface area contributed by atoms with E-state index in [4.69, 9.17) is 27.4 Å². The lowest BCUT2D eigenvalue weighted by atomic mass is 10.1. The third kappa shape index (κ3) is 21.1. The molecule has 1 saturated heterocycles. The van der Waals surface area contributed by atoms with E-state index in [9.17, 15) is 59.0 Å². The molecule has 0 bridgehead atoms. The molecule has 0 radical (unpaired) electrons. The van der Waals surface area contributed by atoms with Crippen molar-refractivity contribution in [2.45, 2.75) is 86.1 Å². The van der Waals surface area contributed by atoms with Gasteiger partial charge in [0.25, 0.3) is 0 Å². The Balaban J connectivity index is 0.000000150. The van der Waals surface area contributed by atoms with Crippen molar-refractivity contribution in [2.24, 2.45) is 4.99 Å². The summed E-state index contributed by atoms with van der Waals surface area (Å²) in [6, 6.07) is 40.8. The maximum atomic E-state index is 13.1. The van der Waals surface area contributed by atoms with Crippen molar-refractivity contribution in [1.82, 2.24) is 33.6 Å². The van der Waals surface area contributed by atoms with Gasteiger partial charge in [-0.1, -0.05) is 106 Å². The van der Waals surface area contributed by atoms with E-state index in [0.717, 1.165) is 108 Å². The van der Waals surface area contributed by atoms with Crippen LogP contribution in [0.2, 0.25) is 5.02 Å². The van der Waals surface area contributed by atoms with Crippen molar-refractivity contribution in [3.63, 3.8) is 0 Å². The molecule has 0 unspecified atom stereocenters. The number of rotatable bonds is 11. The molecular formula is C83H62BrClF9N11O4S2. The van der Waals surface area contributed by atoms with Gasteiger partial charge in [-0.2, -0.15) is 55.3 Å². The first-order valence-electron chi connectivity index (χ1n) is 33.4. The van der Waals surface area contributed by atoms with Gasteiger partial charge in [-0.25, -0.2) is 9.97 Å². The average molecular weight is 1630 g/mol. The molecule has 2 aliphatic rings. The van der Waals surface area contributed by atoms with Crippen LogP contribution in [0.3, 0.4) is 0 Å². The quantitative estimate of drug-likeness (QED) is 0.0536. The molecule has 0 spiro atoms. The lowest BCUT2D eigenvalue weighted by Crippen LogP contribution is -2.07. The summed E-state index contributed by atoms with van der Waals surface area (Å²) in [6.45, 7) is 10.7. The first-order valence-corrected chi connectivity index (χ1v) is 36.2. The summed E-state index contributed by atoms with van der Waals surface area (Å²) >= 11 is 11.8. The molecule has 12 aromatic rings. The zero-order valence-electron chi connectivity index (χ0n) is 59.6. The number of pyridine rings is 3. The van der Waals surface area contributed by atoms with E-state index in [-0.39, 0.29) is 47.7 Å². The van der Waals surface area contributed by atoms with Crippen molar-refractivity contribution in [3.8, 4) is 24.1 Å². The van der Waals surface area contributed by atoms with E-state index in [1.165, 1.54) is 6.07 Å². The van der Waals surface area contributed by atoms with Gasteiger partial charge < -0.3 is 18.8 Å². The van der Waals surface area contributed by atoms with Crippen LogP contribution in [0.1, 0.15) is 110 Å². The number of alkyl halides is 9. The molecular weight excluding hydrogens is 1570 g/mol. The highest BCUT2D eigenvalue weighted by Gasteiger charge is 2.34. The molecule has 1 fully saturated rings. The maximum Gasteiger partial charge on any atom is 0.416 e. The molecule has 0 saturated carbocycles. The largest absolute Gasteiger partial charge is 0.493 e. The fraction of sp³-hybridized carbons (Fsp3) is 0.157. The van der Waals surface area contributed by atoms with Crippen LogP contribution >= 0.6 is 50.6 Å². The summed E-state index contributed by atoms with van der Waals surface area (Å²) in [5.41, 5.74) is 10.9. The Kier molecular flexibility index (Phi) is 25.9. The van der Waals surface area contributed by atoms with Crippen molar-refractivity contribution < 1.29 is 54.2 Å². The summed E-state index contributed by atoms with van der Waals surface area (Å²) in [4.78, 5) is 53.5. The van der Waals surface area contributed by atoms with Crippen LogP contribution in [-0.2, 0) is 47.8 Å². The number of Topliss-reactive ketones (excluding diaryl/α,β-unsaturated/α-hetero) is 1. The van der Waals surface area contributed by atoms with Gasteiger partial charge in [0, 0.05) is 128 Å². The van der Waals surface area contributed by atoms with Gasteiger partial charge in [0.15, 0.2) is 5.78 Å². The van der Waals surface area contributed by atoms with E-state index >= 15 is 0 Å². The second-order valence-corrected chi connectivity index (χ2v) is 28.9. The highest BCUT2D eigenvalue weighted by Crippen LogP contribution is 2.39. The number of aromatic amines is 1. The number of aryl methyl sites for hydroxylation is 3. The van der Waals surface area contributed by atoms with Gasteiger partial charge in [-0.15, -0.1) is 0 Å². The molecule has 0 aliphatic carbocycles. The summed E-state index contributed by atoms with van der Waals surface area (Å²) < 4.78 is 124. The van der Waals surface area contributed by atoms with Crippen LogP contribution in [0.25, 0.3) is 68.9 Å². The zero-order chi connectivity index (χ0) is 80.2. The molecule has 2 aliphatic heterocycles. The SMILES string of the molecule is C/C(C#N)=C/c1cn(Cc2cc(C)cc(C(F)(F)F)c2)c2cnccc12.C/C(C#N)=C/c1cn(Cc2cc(C)cc(C(F)(F)F)c2)c2nccc(Br)c12.C/C(C#N)=C/c1cn(Cc2cc(C)cc(C(F)(F)F)c2)c2nccc(Cl)c12.O=C1CC(=O)/C(=C/c2ccccc2)S1.O=c1[nH]c(O)c(C=C2C=Nc3ccccc32)s1. The lowest BCUT2D eigenvalue weighted by Gasteiger charge is -2.12. The molecule has 562 valence electrons. The molecule has 2 N–H and O–H groups in total. The van der Waals surface area contributed by atoms with Crippen LogP contribution in [0.15, 0.2) is 207 Å². The number of nitriles is 3. The minimum Gasteiger partial charge on any atom is -0.493 e. The van der Waals surface area contributed by atoms with Gasteiger partial charge in [-0.05, 0) is 183 Å². The fourth-order valence-corrected chi connectivity index (χ4v) is 14.3. The lowest BCUT2D eigenvalue weighted by molar-refractivity contribution is -0.138. The number of hydrogen-bond donors (Lipinski definition) is 2. The van der Waals surface area contributed by atoms with Gasteiger partial charge in [0.05, 0.1) is 73.5 Å². The smallest absolute Gasteiger partial charge is 0.416 e. The van der Waals surface area contributed by atoms with Gasteiger partial charge in [0.2, 0.25) is 11.0 Å². The number of nitrogens with zero attached hydrogens (tertiary/aromatic N) is 10. The number of carbonyl (C=O) groups is 2. The molecule has 14 rings (SSSR count). The number of carbonyl (C=O) groups excluding carboxylic acids is 2. The van der Waals surface area contributed by atoms with Crippen molar-refractivity contribution in [2.75, 3.05) is 0 Å². The first-order chi connectivity index (χ1) is 52.6. The predicted octanol–water partition coefficient (Wildman–Crippen LogP) is 22.1. The average Bonchev–Trinajstić information content (AvgIpc) is 1.64. The maximum absolute atomic E-state index is 13.1.